The smallest absolute Gasteiger partial charge is 0.354 e. The van der Waals surface area contributed by atoms with Gasteiger partial charge >= 0.3 is 5.69 Å². The van der Waals surface area contributed by atoms with Gasteiger partial charge in [-0.1, -0.05) is 17.7 Å². The van der Waals surface area contributed by atoms with E-state index in [1.807, 2.05) is 14.1 Å². The highest BCUT2D eigenvalue weighted by Gasteiger charge is 2.14. The van der Waals surface area contributed by atoms with Crippen LogP contribution in [0.2, 0.25) is 5.02 Å². The minimum atomic E-state index is -0.482. The minimum absolute atomic E-state index is 0.412. The maximum Gasteiger partial charge on any atom is 0.354 e. The van der Waals surface area contributed by atoms with Gasteiger partial charge in [-0.2, -0.15) is 4.98 Å². The van der Waals surface area contributed by atoms with E-state index in [0.717, 1.165) is 5.39 Å². The van der Waals surface area contributed by atoms with Crippen molar-refractivity contribution in [1.82, 2.24) is 9.55 Å². The van der Waals surface area contributed by atoms with Crippen molar-refractivity contribution < 1.29 is 4.39 Å². The second kappa shape index (κ2) is 5.42. The largest absolute Gasteiger partial charge is 0.362 e. The fourth-order valence-corrected chi connectivity index (χ4v) is 2.55. The Kier molecular flexibility index (Phi) is 3.58. The molecular weight excluding hydrogens is 305 g/mol. The first-order valence-corrected chi connectivity index (χ1v) is 7.01. The maximum absolute atomic E-state index is 13.5. The monoisotopic (exact) mass is 317 g/mol. The molecule has 0 bridgehead atoms. The number of anilines is 1. The zero-order valence-electron chi connectivity index (χ0n) is 12.0. The van der Waals surface area contributed by atoms with Gasteiger partial charge in [-0.05, 0) is 36.4 Å². The lowest BCUT2D eigenvalue weighted by Gasteiger charge is -2.17. The van der Waals surface area contributed by atoms with Gasteiger partial charge in [-0.25, -0.2) is 9.18 Å². The molecule has 1 heterocycles. The van der Waals surface area contributed by atoms with Crippen LogP contribution in [0.25, 0.3) is 16.6 Å². The van der Waals surface area contributed by atoms with Crippen molar-refractivity contribution in [3.05, 3.63) is 63.8 Å². The van der Waals surface area contributed by atoms with Gasteiger partial charge in [0.2, 0.25) is 0 Å². The van der Waals surface area contributed by atoms with E-state index < -0.39 is 11.5 Å². The topological polar surface area (TPSA) is 38.1 Å². The normalized spacial score (nSPS) is 10.9. The van der Waals surface area contributed by atoms with Crippen molar-refractivity contribution in [1.29, 1.82) is 0 Å². The molecule has 0 aliphatic rings. The molecule has 112 valence electrons. The lowest BCUT2D eigenvalue weighted by Crippen LogP contribution is -2.25. The van der Waals surface area contributed by atoms with Crippen molar-refractivity contribution in [2.45, 2.75) is 0 Å². The fourth-order valence-electron chi connectivity index (χ4n) is 2.39. The summed E-state index contributed by atoms with van der Waals surface area (Å²) < 4.78 is 14.9. The van der Waals surface area contributed by atoms with Gasteiger partial charge in [0.25, 0.3) is 0 Å². The van der Waals surface area contributed by atoms with Crippen molar-refractivity contribution in [2.24, 2.45) is 0 Å². The molecule has 0 spiro atoms. The van der Waals surface area contributed by atoms with Crippen molar-refractivity contribution in [3.8, 4) is 5.69 Å². The second-order valence-corrected chi connectivity index (χ2v) is 5.53. The first kappa shape index (κ1) is 14.5. The number of hydrogen-bond acceptors (Lipinski definition) is 3. The van der Waals surface area contributed by atoms with Gasteiger partial charge in [-0.3, -0.25) is 4.57 Å². The second-order valence-electron chi connectivity index (χ2n) is 5.09. The van der Waals surface area contributed by atoms with E-state index in [4.69, 9.17) is 11.6 Å². The molecule has 0 unspecified atom stereocenters. The molecule has 22 heavy (non-hydrogen) atoms. The van der Waals surface area contributed by atoms with Crippen LogP contribution in [0.5, 0.6) is 0 Å². The molecule has 0 N–H and O–H groups in total. The first-order valence-electron chi connectivity index (χ1n) is 6.63. The molecule has 0 aliphatic carbocycles. The molecule has 4 nitrogen and oxygen atoms in total. The number of hydrogen-bond donors (Lipinski definition) is 0. The third-order valence-corrected chi connectivity index (χ3v) is 3.56. The van der Waals surface area contributed by atoms with E-state index in [-0.39, 0.29) is 0 Å². The van der Waals surface area contributed by atoms with Crippen LogP contribution in [-0.2, 0) is 0 Å². The molecule has 0 aliphatic heterocycles. The number of nitrogens with zero attached hydrogens (tertiary/aromatic N) is 3. The Morgan fingerprint density at radius 1 is 1.18 bits per heavy atom. The Labute approximate surface area is 131 Å². The third-order valence-electron chi connectivity index (χ3n) is 3.32. The number of rotatable bonds is 2. The van der Waals surface area contributed by atoms with Crippen LogP contribution in [-0.4, -0.2) is 23.6 Å². The summed E-state index contributed by atoms with van der Waals surface area (Å²) in [6, 6.07) is 11.0. The Bertz CT molecular complexity index is 921. The molecule has 0 saturated heterocycles. The number of benzene rings is 2. The predicted octanol–water partition coefficient (Wildman–Crippen LogP) is 3.24. The van der Waals surface area contributed by atoms with Crippen LogP contribution in [0.4, 0.5) is 10.2 Å². The Morgan fingerprint density at radius 2 is 1.95 bits per heavy atom. The van der Waals surface area contributed by atoms with Crippen LogP contribution in [0.3, 0.4) is 0 Å². The Hall–Kier alpha value is -2.40. The molecule has 0 saturated carbocycles. The van der Waals surface area contributed by atoms with E-state index in [1.165, 1.54) is 16.7 Å². The SMILES string of the molecule is CN(C)c1nc(=O)n(-c2cccc(F)c2)c2cc(Cl)ccc12. The summed E-state index contributed by atoms with van der Waals surface area (Å²) in [6.45, 7) is 0. The van der Waals surface area contributed by atoms with Crippen molar-refractivity contribution in [2.75, 3.05) is 19.0 Å². The van der Waals surface area contributed by atoms with E-state index in [2.05, 4.69) is 4.98 Å². The lowest BCUT2D eigenvalue weighted by atomic mass is 10.2. The standard InChI is InChI=1S/C16H13ClFN3O/c1-20(2)15-13-7-6-10(17)8-14(13)21(16(22)19-15)12-5-3-4-11(18)9-12/h3-9H,1-2H3. The summed E-state index contributed by atoms with van der Waals surface area (Å²) >= 11 is 6.07. The van der Waals surface area contributed by atoms with Crippen molar-refractivity contribution in [3.63, 3.8) is 0 Å². The number of aromatic nitrogens is 2. The molecule has 2 aromatic carbocycles. The molecule has 3 aromatic rings. The minimum Gasteiger partial charge on any atom is -0.362 e. The van der Waals surface area contributed by atoms with Gasteiger partial charge in [0.15, 0.2) is 0 Å². The van der Waals surface area contributed by atoms with Gasteiger partial charge in [-0.15, -0.1) is 0 Å². The zero-order chi connectivity index (χ0) is 15.9. The molecule has 0 amide bonds. The molecule has 0 radical (unpaired) electrons. The first-order chi connectivity index (χ1) is 10.5. The summed E-state index contributed by atoms with van der Waals surface area (Å²) in [5.41, 5.74) is 0.515. The highest BCUT2D eigenvalue weighted by Crippen LogP contribution is 2.26. The molecule has 6 heteroatoms. The average molecular weight is 318 g/mol. The lowest BCUT2D eigenvalue weighted by molar-refractivity contribution is 0.626. The number of halogens is 2. The van der Waals surface area contributed by atoms with Crippen LogP contribution >= 0.6 is 11.6 Å². The summed E-state index contributed by atoms with van der Waals surface area (Å²) in [6.07, 6.45) is 0. The van der Waals surface area contributed by atoms with Crippen LogP contribution in [0, 0.1) is 5.82 Å². The van der Waals surface area contributed by atoms with E-state index in [9.17, 15) is 9.18 Å². The summed E-state index contributed by atoms with van der Waals surface area (Å²) in [5.74, 6) is 0.126. The van der Waals surface area contributed by atoms with Gasteiger partial charge in [0.1, 0.15) is 11.6 Å². The van der Waals surface area contributed by atoms with E-state index >= 15 is 0 Å². The number of fused-ring (bicyclic) bond motifs is 1. The van der Waals surface area contributed by atoms with Crippen LogP contribution in [0.1, 0.15) is 0 Å². The van der Waals surface area contributed by atoms with E-state index in [1.54, 1.807) is 35.2 Å². The fraction of sp³-hybridized carbons (Fsp3) is 0.125. The van der Waals surface area contributed by atoms with Gasteiger partial charge in [0.05, 0.1) is 11.2 Å². The van der Waals surface area contributed by atoms with Crippen molar-refractivity contribution >= 4 is 28.3 Å². The molecular formula is C16H13ClFN3O. The zero-order valence-corrected chi connectivity index (χ0v) is 12.8. The quantitative estimate of drug-likeness (QED) is 0.728. The van der Waals surface area contributed by atoms with Crippen LogP contribution in [0.15, 0.2) is 47.3 Å². The van der Waals surface area contributed by atoms with Gasteiger partial charge in [0, 0.05) is 24.5 Å². The maximum atomic E-state index is 13.5. The molecule has 0 fully saturated rings. The van der Waals surface area contributed by atoms with Gasteiger partial charge < -0.3 is 4.90 Å². The van der Waals surface area contributed by atoms with Crippen LogP contribution < -0.4 is 10.6 Å². The Morgan fingerprint density at radius 3 is 2.64 bits per heavy atom. The summed E-state index contributed by atoms with van der Waals surface area (Å²) in [4.78, 5) is 18.3. The third kappa shape index (κ3) is 2.44. The summed E-state index contributed by atoms with van der Waals surface area (Å²) in [5, 5.41) is 1.26. The summed E-state index contributed by atoms with van der Waals surface area (Å²) in [7, 11) is 3.62. The molecule has 0 atom stereocenters. The highest BCUT2D eigenvalue weighted by atomic mass is 35.5. The predicted molar refractivity (Wildman–Crippen MR) is 86.6 cm³/mol. The highest BCUT2D eigenvalue weighted by molar-refractivity contribution is 6.31. The average Bonchev–Trinajstić information content (AvgIpc) is 2.45. The van der Waals surface area contributed by atoms with E-state index in [0.29, 0.717) is 22.0 Å². The molecule has 3 rings (SSSR count). The Balaban J connectivity index is 2.45. The molecule has 1 aromatic heterocycles.